The summed E-state index contributed by atoms with van der Waals surface area (Å²) in [7, 11) is 1.86. The fraction of sp³-hybridized carbons (Fsp3) is 0.550. The van der Waals surface area contributed by atoms with Crippen molar-refractivity contribution >= 4 is 16.9 Å². The molecular weight excluding hydrogens is 328 g/mol. The number of nitrogens with one attached hydrogen (secondary N) is 1. The van der Waals surface area contributed by atoms with Crippen LogP contribution < -0.4 is 5.32 Å². The van der Waals surface area contributed by atoms with Crippen molar-refractivity contribution < 1.29 is 9.15 Å². The number of furan rings is 1. The molecule has 0 amide bonds. The van der Waals surface area contributed by atoms with Gasteiger partial charge in [0.05, 0.1) is 19.8 Å². The van der Waals surface area contributed by atoms with Crippen molar-refractivity contribution in [2.24, 2.45) is 4.99 Å². The van der Waals surface area contributed by atoms with Gasteiger partial charge in [-0.05, 0) is 19.4 Å². The van der Waals surface area contributed by atoms with E-state index < -0.39 is 0 Å². The van der Waals surface area contributed by atoms with Crippen LogP contribution in [0.2, 0.25) is 0 Å². The molecule has 6 heteroatoms. The monoisotopic (exact) mass is 356 g/mol. The van der Waals surface area contributed by atoms with Crippen molar-refractivity contribution in [2.45, 2.75) is 25.9 Å². The molecule has 1 aromatic heterocycles. The van der Waals surface area contributed by atoms with Gasteiger partial charge in [0, 0.05) is 50.2 Å². The number of likely N-dealkylation sites (tertiary alicyclic amines) is 1. The summed E-state index contributed by atoms with van der Waals surface area (Å²) >= 11 is 0. The van der Waals surface area contributed by atoms with Gasteiger partial charge in [0.1, 0.15) is 11.3 Å². The summed E-state index contributed by atoms with van der Waals surface area (Å²) < 4.78 is 11.5. The van der Waals surface area contributed by atoms with E-state index in [0.29, 0.717) is 12.6 Å². The first kappa shape index (κ1) is 17.4. The Morgan fingerprint density at radius 3 is 2.81 bits per heavy atom. The molecule has 3 heterocycles. The summed E-state index contributed by atoms with van der Waals surface area (Å²) in [5, 5.41) is 4.68. The molecule has 2 saturated heterocycles. The molecule has 0 spiro atoms. The van der Waals surface area contributed by atoms with Gasteiger partial charge < -0.3 is 19.4 Å². The largest absolute Gasteiger partial charge is 0.459 e. The average Bonchev–Trinajstić information content (AvgIpc) is 3.29. The molecule has 2 aliphatic heterocycles. The van der Waals surface area contributed by atoms with Crippen LogP contribution in [0.5, 0.6) is 0 Å². The molecule has 4 rings (SSSR count). The Kier molecular flexibility index (Phi) is 5.13. The molecule has 0 bridgehead atoms. The van der Waals surface area contributed by atoms with Gasteiger partial charge in [0.15, 0.2) is 5.96 Å². The van der Waals surface area contributed by atoms with E-state index >= 15 is 0 Å². The maximum atomic E-state index is 6.01. The molecule has 2 fully saturated rings. The van der Waals surface area contributed by atoms with Crippen LogP contribution in [0.3, 0.4) is 0 Å². The molecule has 0 aliphatic carbocycles. The lowest BCUT2D eigenvalue weighted by Crippen LogP contribution is -2.46. The third-order valence-electron chi connectivity index (χ3n) is 5.59. The van der Waals surface area contributed by atoms with Gasteiger partial charge in [-0.25, -0.2) is 0 Å². The molecule has 2 aromatic rings. The third kappa shape index (κ3) is 3.44. The zero-order chi connectivity index (χ0) is 17.9. The zero-order valence-electron chi connectivity index (χ0n) is 15.7. The number of nitrogens with zero attached hydrogens (tertiary/aromatic N) is 3. The number of guanidine groups is 1. The average molecular weight is 356 g/mol. The number of hydrogen-bond acceptors (Lipinski definition) is 4. The quantitative estimate of drug-likeness (QED) is 0.675. The lowest BCUT2D eigenvalue weighted by atomic mass is 10.1. The highest BCUT2D eigenvalue weighted by Gasteiger charge is 2.30. The molecule has 1 aromatic carbocycles. The molecule has 1 N–H and O–H groups in total. The van der Waals surface area contributed by atoms with Crippen molar-refractivity contribution in [1.29, 1.82) is 0 Å². The fourth-order valence-electron chi connectivity index (χ4n) is 4.06. The van der Waals surface area contributed by atoms with Crippen LogP contribution in [0.25, 0.3) is 11.0 Å². The Morgan fingerprint density at radius 2 is 2.04 bits per heavy atom. The van der Waals surface area contributed by atoms with E-state index in [1.165, 1.54) is 17.4 Å². The lowest BCUT2D eigenvalue weighted by molar-refractivity contribution is 0.0195. The van der Waals surface area contributed by atoms with Gasteiger partial charge >= 0.3 is 0 Å². The predicted molar refractivity (Wildman–Crippen MR) is 104 cm³/mol. The first-order chi connectivity index (χ1) is 12.8. The van der Waals surface area contributed by atoms with E-state index in [9.17, 15) is 0 Å². The Hall–Kier alpha value is -2.05. The number of aliphatic imine (C=N–C) groups is 1. The van der Waals surface area contributed by atoms with Crippen molar-refractivity contribution in [3.05, 3.63) is 35.6 Å². The van der Waals surface area contributed by atoms with Gasteiger partial charge in [-0.1, -0.05) is 18.2 Å². The molecule has 2 aliphatic rings. The predicted octanol–water partition coefficient (Wildman–Crippen LogP) is 2.22. The Bertz CT molecular complexity index is 779. The van der Waals surface area contributed by atoms with Gasteiger partial charge in [-0.2, -0.15) is 0 Å². The maximum absolute atomic E-state index is 6.01. The summed E-state index contributed by atoms with van der Waals surface area (Å²) in [5.41, 5.74) is 2.15. The fourth-order valence-corrected chi connectivity index (χ4v) is 4.06. The molecule has 140 valence electrons. The Balaban J connectivity index is 1.38. The van der Waals surface area contributed by atoms with Crippen LogP contribution in [-0.4, -0.2) is 68.2 Å². The minimum absolute atomic E-state index is 0.602. The second-order valence-corrected chi connectivity index (χ2v) is 7.08. The smallest absolute Gasteiger partial charge is 0.194 e. The Labute approximate surface area is 154 Å². The number of morpholine rings is 1. The summed E-state index contributed by atoms with van der Waals surface area (Å²) in [4.78, 5) is 9.41. The number of para-hydroxylation sites is 1. The first-order valence-corrected chi connectivity index (χ1v) is 9.50. The maximum Gasteiger partial charge on any atom is 0.194 e. The highest BCUT2D eigenvalue weighted by molar-refractivity contribution is 5.83. The number of hydrogen-bond donors (Lipinski definition) is 1. The number of fused-ring (bicyclic) bond motifs is 1. The minimum atomic E-state index is 0.602. The lowest BCUT2D eigenvalue weighted by Gasteiger charge is -2.32. The van der Waals surface area contributed by atoms with Gasteiger partial charge in [0.2, 0.25) is 0 Å². The highest BCUT2D eigenvalue weighted by Crippen LogP contribution is 2.25. The van der Waals surface area contributed by atoms with Crippen LogP contribution in [0, 0.1) is 6.92 Å². The van der Waals surface area contributed by atoms with Crippen molar-refractivity contribution in [3.8, 4) is 0 Å². The van der Waals surface area contributed by atoms with E-state index in [4.69, 9.17) is 9.15 Å². The Morgan fingerprint density at radius 1 is 1.23 bits per heavy atom. The standard InChI is InChI=1S/C20H28N4O2/c1-15-17-5-3-4-6-18(17)26-19(15)13-22-20(21-2)24-8-7-16(14-24)23-9-11-25-12-10-23/h3-6,16H,7-14H2,1-2H3,(H,21,22). The summed E-state index contributed by atoms with van der Waals surface area (Å²) in [5.74, 6) is 1.94. The first-order valence-electron chi connectivity index (χ1n) is 9.50. The van der Waals surface area contributed by atoms with E-state index in [2.05, 4.69) is 39.2 Å². The molecular formula is C20H28N4O2. The number of rotatable bonds is 3. The normalized spacial score (nSPS) is 22.3. The third-order valence-corrected chi connectivity index (χ3v) is 5.59. The summed E-state index contributed by atoms with van der Waals surface area (Å²) in [6.45, 7) is 8.65. The second kappa shape index (κ2) is 7.68. The molecule has 0 radical (unpaired) electrons. The topological polar surface area (TPSA) is 53.2 Å². The van der Waals surface area contributed by atoms with E-state index in [0.717, 1.165) is 56.7 Å². The van der Waals surface area contributed by atoms with Crippen molar-refractivity contribution in [1.82, 2.24) is 15.1 Å². The van der Waals surface area contributed by atoms with Gasteiger partial charge in [-0.15, -0.1) is 0 Å². The van der Waals surface area contributed by atoms with Crippen molar-refractivity contribution in [3.63, 3.8) is 0 Å². The molecule has 26 heavy (non-hydrogen) atoms. The molecule has 1 atom stereocenters. The summed E-state index contributed by atoms with van der Waals surface area (Å²) in [6.07, 6.45) is 1.18. The highest BCUT2D eigenvalue weighted by atomic mass is 16.5. The molecule has 1 unspecified atom stereocenters. The van der Waals surface area contributed by atoms with Crippen molar-refractivity contribution in [2.75, 3.05) is 46.4 Å². The second-order valence-electron chi connectivity index (χ2n) is 7.08. The van der Waals surface area contributed by atoms with E-state index in [1.807, 2.05) is 19.2 Å². The van der Waals surface area contributed by atoms with E-state index in [1.54, 1.807) is 0 Å². The molecule has 0 saturated carbocycles. The van der Waals surface area contributed by atoms with Crippen LogP contribution in [0.4, 0.5) is 0 Å². The van der Waals surface area contributed by atoms with Crippen LogP contribution in [-0.2, 0) is 11.3 Å². The van der Waals surface area contributed by atoms with Crippen LogP contribution in [0.15, 0.2) is 33.7 Å². The molecule has 6 nitrogen and oxygen atoms in total. The zero-order valence-corrected chi connectivity index (χ0v) is 15.7. The van der Waals surface area contributed by atoms with Crippen LogP contribution >= 0.6 is 0 Å². The SMILES string of the molecule is CN=C(NCc1oc2ccccc2c1C)N1CCC(N2CCOCC2)C1. The van der Waals surface area contributed by atoms with E-state index in [-0.39, 0.29) is 0 Å². The number of aryl methyl sites for hydroxylation is 1. The van der Waals surface area contributed by atoms with Gasteiger partial charge in [-0.3, -0.25) is 9.89 Å². The number of benzene rings is 1. The minimum Gasteiger partial charge on any atom is -0.459 e. The van der Waals surface area contributed by atoms with Crippen LogP contribution in [0.1, 0.15) is 17.7 Å². The van der Waals surface area contributed by atoms with Gasteiger partial charge in [0.25, 0.3) is 0 Å². The summed E-state index contributed by atoms with van der Waals surface area (Å²) in [6, 6.07) is 8.80. The number of ether oxygens (including phenoxy) is 1.